The summed E-state index contributed by atoms with van der Waals surface area (Å²) >= 11 is -3.13. The molecule has 0 spiro atoms. The van der Waals surface area contributed by atoms with Gasteiger partial charge in [-0.3, -0.25) is 0 Å². The van der Waals surface area contributed by atoms with Gasteiger partial charge in [0.05, 0.1) is 0 Å². The molecule has 0 aliphatic rings. The van der Waals surface area contributed by atoms with Gasteiger partial charge in [0.15, 0.2) is 0 Å². The predicted octanol–water partition coefficient (Wildman–Crippen LogP) is 1.81. The van der Waals surface area contributed by atoms with Crippen LogP contribution in [0.4, 0.5) is 0 Å². The first kappa shape index (κ1) is 13.5. The van der Waals surface area contributed by atoms with Crippen molar-refractivity contribution in [3.63, 3.8) is 0 Å². The first-order chi connectivity index (χ1) is 8.66. The van der Waals surface area contributed by atoms with E-state index in [1.54, 1.807) is 33.9 Å². The molecule has 0 bridgehead atoms. The Morgan fingerprint density at radius 3 is 1.50 bits per heavy atom. The summed E-state index contributed by atoms with van der Waals surface area (Å²) in [4.78, 5) is 23.8. The van der Waals surface area contributed by atoms with E-state index in [0.717, 1.165) is 0 Å². The molecule has 0 saturated carbocycles. The third kappa shape index (κ3) is 3.53. The molecule has 2 aromatic rings. The fraction of sp³-hybridized carbons (Fsp3) is 0.167. The number of rotatable bonds is 6. The van der Waals surface area contributed by atoms with Crippen LogP contribution >= 0.6 is 8.51 Å². The van der Waals surface area contributed by atoms with Crippen molar-refractivity contribution >= 4 is 15.5 Å². The Kier molecular flexibility index (Phi) is 4.73. The van der Waals surface area contributed by atoms with Crippen LogP contribution in [0.5, 0.6) is 0 Å². The summed E-state index contributed by atoms with van der Waals surface area (Å²) in [6, 6.07) is 7.36. The molecular weight excluding hydrogens is 331 g/mol. The number of nitrogens with zero attached hydrogens (tertiary/aromatic N) is 2. The van der Waals surface area contributed by atoms with E-state index in [-0.39, 0.29) is 20.1 Å². The summed E-state index contributed by atoms with van der Waals surface area (Å²) in [6.45, 7) is 0.422. The Morgan fingerprint density at radius 1 is 0.833 bits per heavy atom. The van der Waals surface area contributed by atoms with Gasteiger partial charge < -0.3 is 0 Å². The Morgan fingerprint density at radius 2 is 1.17 bits per heavy atom. The fourth-order valence-electron chi connectivity index (χ4n) is 1.58. The quantitative estimate of drug-likeness (QED) is 0.803. The maximum absolute atomic E-state index is 11.9. The van der Waals surface area contributed by atoms with Gasteiger partial charge in [-0.05, 0) is 0 Å². The molecule has 0 amide bonds. The SMILES string of the molecule is O=[C](Cn1cccc1)[Zr]([Cl])[C](=O)Cn1cccc1. The van der Waals surface area contributed by atoms with Crippen molar-refractivity contribution < 1.29 is 30.1 Å². The summed E-state index contributed by atoms with van der Waals surface area (Å²) in [6.07, 6.45) is 7.17. The van der Waals surface area contributed by atoms with Crippen molar-refractivity contribution in [2.75, 3.05) is 0 Å². The third-order valence-electron chi connectivity index (χ3n) is 2.47. The van der Waals surface area contributed by atoms with Crippen molar-refractivity contribution in [1.29, 1.82) is 0 Å². The zero-order valence-electron chi connectivity index (χ0n) is 9.62. The van der Waals surface area contributed by atoms with E-state index in [4.69, 9.17) is 8.51 Å². The van der Waals surface area contributed by atoms with Crippen molar-refractivity contribution in [3.8, 4) is 0 Å². The average Bonchev–Trinajstić information content (AvgIpc) is 3.01. The fourth-order valence-corrected chi connectivity index (χ4v) is 4.63. The van der Waals surface area contributed by atoms with E-state index < -0.39 is 20.6 Å². The first-order valence-electron chi connectivity index (χ1n) is 5.47. The molecule has 6 heteroatoms. The molecule has 2 aromatic heterocycles. The average molecular weight is 343 g/mol. The summed E-state index contributed by atoms with van der Waals surface area (Å²) in [5, 5.41) is 0. The van der Waals surface area contributed by atoms with E-state index in [9.17, 15) is 9.59 Å². The number of halogens is 1. The van der Waals surface area contributed by atoms with Gasteiger partial charge in [0.25, 0.3) is 0 Å². The van der Waals surface area contributed by atoms with Crippen LogP contribution in [0.15, 0.2) is 49.1 Å². The molecule has 0 unspecified atom stereocenters. The Balaban J connectivity index is 1.92. The molecule has 0 saturated heterocycles. The number of carbonyl (C=O) groups is 2. The van der Waals surface area contributed by atoms with Gasteiger partial charge in [-0.1, -0.05) is 0 Å². The molecule has 0 radical (unpaired) electrons. The monoisotopic (exact) mass is 341 g/mol. The van der Waals surface area contributed by atoms with Crippen LogP contribution in [0.3, 0.4) is 0 Å². The second-order valence-corrected chi connectivity index (χ2v) is 10.4. The van der Waals surface area contributed by atoms with E-state index in [1.165, 1.54) is 0 Å². The van der Waals surface area contributed by atoms with Crippen LogP contribution in [0.2, 0.25) is 0 Å². The van der Waals surface area contributed by atoms with Crippen LogP contribution in [0, 0.1) is 0 Å². The van der Waals surface area contributed by atoms with Crippen molar-refractivity contribution in [1.82, 2.24) is 9.13 Å². The standard InChI is InChI=1S/2C6H6NO.ClH.Zr/c2*8-6-5-7-3-1-2-4-7;;/h2*1-4H,5H2;1H;/q;;;+1/p-1. The Hall–Kier alpha value is -0.927. The molecule has 0 aromatic carbocycles. The van der Waals surface area contributed by atoms with Crippen LogP contribution in [-0.2, 0) is 43.2 Å². The van der Waals surface area contributed by atoms with Gasteiger partial charge in [-0.25, -0.2) is 0 Å². The molecular formula is C12H12ClN2O2Zr. The van der Waals surface area contributed by atoms with Crippen LogP contribution in [0.1, 0.15) is 0 Å². The Bertz CT molecular complexity index is 474. The summed E-state index contributed by atoms with van der Waals surface area (Å²) in [7, 11) is 6.09. The summed E-state index contributed by atoms with van der Waals surface area (Å²) < 4.78 is 3.31. The molecule has 18 heavy (non-hydrogen) atoms. The van der Waals surface area contributed by atoms with Crippen LogP contribution < -0.4 is 0 Å². The van der Waals surface area contributed by atoms with Gasteiger partial charge in [-0.2, -0.15) is 0 Å². The topological polar surface area (TPSA) is 44.0 Å². The van der Waals surface area contributed by atoms with Gasteiger partial charge in [-0.15, -0.1) is 0 Å². The number of hydrogen-bond acceptors (Lipinski definition) is 2. The summed E-state index contributed by atoms with van der Waals surface area (Å²) in [5.74, 6) is 0. The minimum absolute atomic E-state index is 0.0903. The molecule has 2 rings (SSSR count). The van der Waals surface area contributed by atoms with Crippen LogP contribution in [0.25, 0.3) is 0 Å². The minimum atomic E-state index is -3.13. The number of hydrogen-bond donors (Lipinski definition) is 0. The van der Waals surface area contributed by atoms with E-state index in [0.29, 0.717) is 0 Å². The molecule has 0 fully saturated rings. The van der Waals surface area contributed by atoms with E-state index in [1.807, 2.05) is 24.3 Å². The molecule has 93 valence electrons. The number of aromatic nitrogens is 2. The van der Waals surface area contributed by atoms with Crippen LogP contribution in [-0.4, -0.2) is 16.1 Å². The second kappa shape index (κ2) is 6.30. The molecule has 0 N–H and O–H groups in total. The zero-order chi connectivity index (χ0) is 13.0. The zero-order valence-corrected chi connectivity index (χ0v) is 12.8. The normalized spacial score (nSPS) is 10.3. The molecule has 0 aliphatic heterocycles. The van der Waals surface area contributed by atoms with Crippen molar-refractivity contribution in [2.45, 2.75) is 13.1 Å². The Labute approximate surface area is 116 Å². The maximum atomic E-state index is 11.9. The van der Waals surface area contributed by atoms with Crippen molar-refractivity contribution in [3.05, 3.63) is 49.1 Å². The molecule has 0 aliphatic carbocycles. The summed E-state index contributed by atoms with van der Waals surface area (Å²) in [5.41, 5.74) is 0. The van der Waals surface area contributed by atoms with Gasteiger partial charge in [0.1, 0.15) is 0 Å². The first-order valence-corrected chi connectivity index (χ1v) is 11.1. The molecule has 0 atom stereocenters. The second-order valence-electron chi connectivity index (χ2n) is 3.87. The van der Waals surface area contributed by atoms with E-state index in [2.05, 4.69) is 0 Å². The third-order valence-corrected chi connectivity index (χ3v) is 8.15. The van der Waals surface area contributed by atoms with Gasteiger partial charge in [0, 0.05) is 0 Å². The number of carbonyl (C=O) groups excluding carboxylic acids is 2. The van der Waals surface area contributed by atoms with Gasteiger partial charge in [0.2, 0.25) is 0 Å². The van der Waals surface area contributed by atoms with Crippen molar-refractivity contribution in [2.24, 2.45) is 0 Å². The van der Waals surface area contributed by atoms with E-state index >= 15 is 0 Å². The molecule has 4 nitrogen and oxygen atoms in total. The predicted molar refractivity (Wildman–Crippen MR) is 64.7 cm³/mol. The molecule has 2 heterocycles. The van der Waals surface area contributed by atoms with Gasteiger partial charge >= 0.3 is 117 Å².